The first-order valence-electron chi connectivity index (χ1n) is 8.54. The maximum absolute atomic E-state index is 5.94. The zero-order chi connectivity index (χ0) is 16.5. The highest BCUT2D eigenvalue weighted by Crippen LogP contribution is 2.29. The van der Waals surface area contributed by atoms with Gasteiger partial charge in [0, 0.05) is 30.6 Å². The summed E-state index contributed by atoms with van der Waals surface area (Å²) in [6.07, 6.45) is 4.57. The van der Waals surface area contributed by atoms with Crippen LogP contribution in [0.5, 0.6) is 5.75 Å². The third kappa shape index (κ3) is 2.80. The van der Waals surface area contributed by atoms with E-state index in [-0.39, 0.29) is 0 Å². The van der Waals surface area contributed by atoms with E-state index in [1.807, 2.05) is 18.2 Å². The number of rotatable bonds is 5. The second kappa shape index (κ2) is 6.32. The molecule has 0 bridgehead atoms. The SMILES string of the molecule is COc1cccc2cc(CNC[C@@H]3CCCn4cc(C)nc43)oc12. The molecule has 3 heterocycles. The molecule has 3 aromatic rings. The maximum Gasteiger partial charge on any atom is 0.176 e. The molecule has 0 unspecified atom stereocenters. The molecule has 0 aliphatic carbocycles. The summed E-state index contributed by atoms with van der Waals surface area (Å²) < 4.78 is 13.6. The minimum Gasteiger partial charge on any atom is -0.493 e. The van der Waals surface area contributed by atoms with Crippen LogP contribution in [0, 0.1) is 6.92 Å². The number of para-hydroxylation sites is 1. The number of imidazole rings is 1. The van der Waals surface area contributed by atoms with Crippen LogP contribution in [-0.4, -0.2) is 23.2 Å². The highest BCUT2D eigenvalue weighted by atomic mass is 16.5. The zero-order valence-electron chi connectivity index (χ0n) is 14.2. The van der Waals surface area contributed by atoms with Gasteiger partial charge in [-0.1, -0.05) is 12.1 Å². The number of methoxy groups -OCH3 is 1. The van der Waals surface area contributed by atoms with Crippen molar-refractivity contribution >= 4 is 11.0 Å². The highest BCUT2D eigenvalue weighted by molar-refractivity contribution is 5.83. The predicted molar refractivity (Wildman–Crippen MR) is 93.4 cm³/mol. The molecule has 4 rings (SSSR count). The summed E-state index contributed by atoms with van der Waals surface area (Å²) in [4.78, 5) is 4.70. The van der Waals surface area contributed by atoms with Crippen molar-refractivity contribution in [2.24, 2.45) is 0 Å². The van der Waals surface area contributed by atoms with Gasteiger partial charge in [-0.05, 0) is 31.9 Å². The Morgan fingerprint density at radius 2 is 2.33 bits per heavy atom. The first-order chi connectivity index (χ1) is 11.7. The van der Waals surface area contributed by atoms with Crippen molar-refractivity contribution < 1.29 is 9.15 Å². The molecule has 1 atom stereocenters. The van der Waals surface area contributed by atoms with Crippen LogP contribution in [0.2, 0.25) is 0 Å². The molecule has 126 valence electrons. The molecule has 2 aromatic heterocycles. The summed E-state index contributed by atoms with van der Waals surface area (Å²) in [6.45, 7) is 4.80. The number of hydrogen-bond acceptors (Lipinski definition) is 4. The monoisotopic (exact) mass is 325 g/mol. The average Bonchev–Trinajstić information content (AvgIpc) is 3.17. The normalized spacial score (nSPS) is 17.2. The van der Waals surface area contributed by atoms with E-state index < -0.39 is 0 Å². The Kier molecular flexibility index (Phi) is 4.02. The molecular weight excluding hydrogens is 302 g/mol. The van der Waals surface area contributed by atoms with Crippen molar-refractivity contribution in [3.63, 3.8) is 0 Å². The molecule has 1 N–H and O–H groups in total. The van der Waals surface area contributed by atoms with Gasteiger partial charge in [-0.15, -0.1) is 0 Å². The zero-order valence-corrected chi connectivity index (χ0v) is 14.2. The summed E-state index contributed by atoms with van der Waals surface area (Å²) in [5.74, 6) is 3.41. The molecular formula is C19H23N3O2. The second-order valence-corrected chi connectivity index (χ2v) is 6.50. The lowest BCUT2D eigenvalue weighted by atomic mass is 9.99. The van der Waals surface area contributed by atoms with Crippen LogP contribution in [0.1, 0.15) is 36.0 Å². The van der Waals surface area contributed by atoms with Gasteiger partial charge in [-0.25, -0.2) is 4.98 Å². The molecule has 5 nitrogen and oxygen atoms in total. The lowest BCUT2D eigenvalue weighted by Gasteiger charge is -2.23. The summed E-state index contributed by atoms with van der Waals surface area (Å²) in [5, 5.41) is 4.61. The second-order valence-electron chi connectivity index (χ2n) is 6.50. The van der Waals surface area contributed by atoms with Crippen LogP contribution in [0.25, 0.3) is 11.0 Å². The number of furan rings is 1. The minimum absolute atomic E-state index is 0.478. The number of benzene rings is 1. The molecule has 1 aliphatic heterocycles. The van der Waals surface area contributed by atoms with E-state index in [1.54, 1.807) is 7.11 Å². The van der Waals surface area contributed by atoms with Crippen LogP contribution in [0.3, 0.4) is 0 Å². The Hall–Kier alpha value is -2.27. The number of ether oxygens (including phenoxy) is 1. The standard InChI is InChI=1S/C19H23N3O2/c1-13-12-22-8-4-6-15(19(22)21-13)10-20-11-16-9-14-5-3-7-17(23-2)18(14)24-16/h3,5,7,9,12,15,20H,4,6,8,10-11H2,1-2H3/t15-/m0/s1. The molecule has 24 heavy (non-hydrogen) atoms. The Bertz CT molecular complexity index is 850. The van der Waals surface area contributed by atoms with Crippen molar-refractivity contribution in [1.82, 2.24) is 14.9 Å². The Morgan fingerprint density at radius 3 is 3.21 bits per heavy atom. The predicted octanol–water partition coefficient (Wildman–Crippen LogP) is 3.61. The molecule has 0 amide bonds. The van der Waals surface area contributed by atoms with Gasteiger partial charge < -0.3 is 19.0 Å². The van der Waals surface area contributed by atoms with Gasteiger partial charge in [0.25, 0.3) is 0 Å². The largest absolute Gasteiger partial charge is 0.493 e. The van der Waals surface area contributed by atoms with E-state index in [1.165, 1.54) is 18.7 Å². The molecule has 0 saturated heterocycles. The van der Waals surface area contributed by atoms with E-state index in [0.717, 1.165) is 41.3 Å². The number of fused-ring (bicyclic) bond motifs is 2. The number of nitrogens with one attached hydrogen (secondary N) is 1. The van der Waals surface area contributed by atoms with Crippen molar-refractivity contribution in [3.05, 3.63) is 47.7 Å². The van der Waals surface area contributed by atoms with E-state index in [4.69, 9.17) is 14.1 Å². The van der Waals surface area contributed by atoms with Gasteiger partial charge in [0.2, 0.25) is 0 Å². The van der Waals surface area contributed by atoms with Crippen molar-refractivity contribution in [2.45, 2.75) is 38.8 Å². The van der Waals surface area contributed by atoms with Gasteiger partial charge in [-0.2, -0.15) is 0 Å². The van der Waals surface area contributed by atoms with Crippen molar-refractivity contribution in [3.8, 4) is 5.75 Å². The van der Waals surface area contributed by atoms with Crippen LogP contribution < -0.4 is 10.1 Å². The molecule has 0 radical (unpaired) electrons. The lowest BCUT2D eigenvalue weighted by molar-refractivity contribution is 0.400. The quantitative estimate of drug-likeness (QED) is 0.778. The summed E-state index contributed by atoms with van der Waals surface area (Å²) in [7, 11) is 1.67. The maximum atomic E-state index is 5.94. The number of aryl methyl sites for hydroxylation is 2. The third-order valence-corrected chi connectivity index (χ3v) is 4.71. The fourth-order valence-electron chi connectivity index (χ4n) is 3.61. The molecule has 0 spiro atoms. The average molecular weight is 325 g/mol. The van der Waals surface area contributed by atoms with E-state index in [9.17, 15) is 0 Å². The Balaban J connectivity index is 1.43. The fourth-order valence-corrected chi connectivity index (χ4v) is 3.61. The number of nitrogens with zero attached hydrogens (tertiary/aromatic N) is 2. The minimum atomic E-state index is 0.478. The lowest BCUT2D eigenvalue weighted by Crippen LogP contribution is -2.26. The van der Waals surface area contributed by atoms with Crippen LogP contribution >= 0.6 is 0 Å². The third-order valence-electron chi connectivity index (χ3n) is 4.71. The van der Waals surface area contributed by atoms with Gasteiger partial charge >= 0.3 is 0 Å². The summed E-state index contributed by atoms with van der Waals surface area (Å²) in [5.41, 5.74) is 1.93. The first kappa shape index (κ1) is 15.3. The van der Waals surface area contributed by atoms with Gasteiger partial charge in [0.05, 0.1) is 19.3 Å². The van der Waals surface area contributed by atoms with Gasteiger partial charge in [0.15, 0.2) is 11.3 Å². The highest BCUT2D eigenvalue weighted by Gasteiger charge is 2.22. The summed E-state index contributed by atoms with van der Waals surface area (Å²) in [6, 6.07) is 8.04. The van der Waals surface area contributed by atoms with Crippen LogP contribution in [-0.2, 0) is 13.1 Å². The number of hydrogen-bond donors (Lipinski definition) is 1. The topological polar surface area (TPSA) is 52.2 Å². The van der Waals surface area contributed by atoms with Crippen LogP contribution in [0.4, 0.5) is 0 Å². The van der Waals surface area contributed by atoms with Crippen molar-refractivity contribution in [2.75, 3.05) is 13.7 Å². The van der Waals surface area contributed by atoms with Gasteiger partial charge in [0.1, 0.15) is 11.6 Å². The van der Waals surface area contributed by atoms with Gasteiger partial charge in [-0.3, -0.25) is 0 Å². The summed E-state index contributed by atoms with van der Waals surface area (Å²) >= 11 is 0. The molecule has 1 aromatic carbocycles. The molecule has 0 fully saturated rings. The fraction of sp³-hybridized carbons (Fsp3) is 0.421. The smallest absolute Gasteiger partial charge is 0.176 e. The number of aromatic nitrogens is 2. The van der Waals surface area contributed by atoms with E-state index in [0.29, 0.717) is 12.5 Å². The van der Waals surface area contributed by atoms with Crippen molar-refractivity contribution in [1.29, 1.82) is 0 Å². The van der Waals surface area contributed by atoms with E-state index in [2.05, 4.69) is 29.1 Å². The molecule has 5 heteroatoms. The Labute approximate surface area is 141 Å². The molecule has 1 aliphatic rings. The Morgan fingerprint density at radius 1 is 1.42 bits per heavy atom. The molecule has 0 saturated carbocycles. The van der Waals surface area contributed by atoms with E-state index >= 15 is 0 Å². The van der Waals surface area contributed by atoms with Crippen LogP contribution in [0.15, 0.2) is 34.9 Å². The first-order valence-corrected chi connectivity index (χ1v) is 8.54.